The summed E-state index contributed by atoms with van der Waals surface area (Å²) in [4.78, 5) is 0. The fourth-order valence-electron chi connectivity index (χ4n) is 14.9. The summed E-state index contributed by atoms with van der Waals surface area (Å²) in [6, 6.07) is 0. The van der Waals surface area contributed by atoms with E-state index in [9.17, 15) is 61.3 Å². The molecular weight excluding hydrogens is 865 g/mol. The van der Waals surface area contributed by atoms with Gasteiger partial charge in [0.25, 0.3) is 0 Å². The van der Waals surface area contributed by atoms with Crippen LogP contribution in [-0.2, 0) is 28.4 Å². The van der Waals surface area contributed by atoms with Gasteiger partial charge in [0.15, 0.2) is 18.9 Å². The van der Waals surface area contributed by atoms with Gasteiger partial charge in [-0.1, -0.05) is 46.3 Å². The molecule has 4 aliphatic carbocycles. The molecule has 0 bridgehead atoms. The van der Waals surface area contributed by atoms with Crippen molar-refractivity contribution >= 4 is 0 Å². The molecule has 0 radical (unpaired) electrons. The molecule has 3 aliphatic heterocycles. The summed E-state index contributed by atoms with van der Waals surface area (Å²) in [5, 5.41) is 132. The highest BCUT2D eigenvalue weighted by Gasteiger charge is 2.74. The Morgan fingerprint density at radius 2 is 1.27 bits per heavy atom. The molecule has 0 aromatic rings. The molecule has 0 amide bonds. The van der Waals surface area contributed by atoms with Crippen LogP contribution in [0.3, 0.4) is 0 Å². The third-order valence-electron chi connectivity index (χ3n) is 18.7. The van der Waals surface area contributed by atoms with Crippen molar-refractivity contribution in [3.63, 3.8) is 0 Å². The highest BCUT2D eigenvalue weighted by atomic mass is 16.8. The lowest BCUT2D eigenvalue weighted by Crippen LogP contribution is -2.71. The zero-order chi connectivity index (χ0) is 48.8. The van der Waals surface area contributed by atoms with Crippen LogP contribution in [0.5, 0.6) is 0 Å². The van der Waals surface area contributed by atoms with Gasteiger partial charge in [-0.2, -0.15) is 0 Å². The summed E-state index contributed by atoms with van der Waals surface area (Å²) in [5.74, 6) is -1.12. The molecule has 382 valence electrons. The number of hydrogen-bond acceptors (Lipinski definition) is 18. The van der Waals surface area contributed by atoms with E-state index in [1.807, 2.05) is 34.6 Å². The van der Waals surface area contributed by atoms with Crippen LogP contribution < -0.4 is 0 Å². The minimum absolute atomic E-state index is 0.0861. The van der Waals surface area contributed by atoms with E-state index in [0.29, 0.717) is 51.4 Å². The highest BCUT2D eigenvalue weighted by Crippen LogP contribution is 2.76. The van der Waals surface area contributed by atoms with Gasteiger partial charge in [-0.15, -0.1) is 0 Å². The fraction of sp³-hybridized carbons (Fsp3) is 0.958. The van der Waals surface area contributed by atoms with Crippen molar-refractivity contribution in [2.24, 2.45) is 45.3 Å². The van der Waals surface area contributed by atoms with Gasteiger partial charge in [-0.25, -0.2) is 0 Å². The molecule has 7 fully saturated rings. The largest absolute Gasteiger partial charge is 0.394 e. The molecule has 26 atom stereocenters. The number of aliphatic hydroxyl groups excluding tert-OH is 12. The van der Waals surface area contributed by atoms with Crippen LogP contribution in [-0.4, -0.2) is 191 Å². The van der Waals surface area contributed by atoms with Crippen LogP contribution in [0.4, 0.5) is 0 Å². The first-order valence-corrected chi connectivity index (χ1v) is 24.3. The van der Waals surface area contributed by atoms with Crippen molar-refractivity contribution in [1.29, 1.82) is 0 Å². The maximum absolute atomic E-state index is 12.7. The topological polar surface area (TPSA) is 298 Å². The van der Waals surface area contributed by atoms with E-state index in [0.717, 1.165) is 5.57 Å². The third kappa shape index (κ3) is 8.69. The third-order valence-corrected chi connectivity index (χ3v) is 18.7. The van der Waals surface area contributed by atoms with Crippen molar-refractivity contribution in [2.45, 2.75) is 230 Å². The van der Waals surface area contributed by atoms with Crippen molar-refractivity contribution < 1.29 is 89.7 Å². The average molecular weight is 947 g/mol. The van der Waals surface area contributed by atoms with Crippen LogP contribution in [0.25, 0.3) is 0 Å². The van der Waals surface area contributed by atoms with Gasteiger partial charge in [0.2, 0.25) is 0 Å². The Kier molecular flexibility index (Phi) is 15.4. The number of hydrogen-bond donors (Lipinski definition) is 12. The fourth-order valence-corrected chi connectivity index (χ4v) is 14.9. The average Bonchev–Trinajstić information content (AvgIpc) is 3.64. The number of aliphatic hydroxyl groups is 12. The summed E-state index contributed by atoms with van der Waals surface area (Å²) >= 11 is 0. The summed E-state index contributed by atoms with van der Waals surface area (Å²) in [6.45, 7) is 16.8. The number of rotatable bonds is 12. The lowest BCUT2D eigenvalue weighted by molar-refractivity contribution is -0.382. The van der Waals surface area contributed by atoms with Gasteiger partial charge in [0, 0.05) is 0 Å². The summed E-state index contributed by atoms with van der Waals surface area (Å²) in [7, 11) is 0. The van der Waals surface area contributed by atoms with Crippen molar-refractivity contribution in [2.75, 3.05) is 13.2 Å². The second-order valence-corrected chi connectivity index (χ2v) is 23.0. The smallest absolute Gasteiger partial charge is 0.187 e. The maximum atomic E-state index is 12.7. The predicted molar refractivity (Wildman–Crippen MR) is 234 cm³/mol. The van der Waals surface area contributed by atoms with Crippen LogP contribution in [0.1, 0.15) is 114 Å². The zero-order valence-electron chi connectivity index (χ0n) is 40.2. The van der Waals surface area contributed by atoms with Crippen molar-refractivity contribution in [3.8, 4) is 0 Å². The Bertz CT molecular complexity index is 1700. The molecule has 0 spiro atoms. The molecule has 0 aromatic heterocycles. The van der Waals surface area contributed by atoms with Crippen LogP contribution in [0.15, 0.2) is 11.6 Å². The van der Waals surface area contributed by atoms with Crippen molar-refractivity contribution in [3.05, 3.63) is 11.6 Å². The molecule has 7 aliphatic rings. The van der Waals surface area contributed by atoms with E-state index < -0.39 is 151 Å². The van der Waals surface area contributed by atoms with E-state index >= 15 is 0 Å². The summed E-state index contributed by atoms with van der Waals surface area (Å²) in [5.41, 5.74) is -2.43. The molecule has 66 heavy (non-hydrogen) atoms. The summed E-state index contributed by atoms with van der Waals surface area (Å²) < 4.78 is 38.1. The lowest BCUT2D eigenvalue weighted by Gasteiger charge is -2.72. The highest BCUT2D eigenvalue weighted by molar-refractivity contribution is 5.22. The van der Waals surface area contributed by atoms with Gasteiger partial charge in [0.1, 0.15) is 67.1 Å². The Balaban J connectivity index is 1.27. The number of fused-ring (bicyclic) bond motifs is 5. The molecule has 0 aromatic carbocycles. The first kappa shape index (κ1) is 52.8. The van der Waals surface area contributed by atoms with Crippen LogP contribution in [0, 0.1) is 45.3 Å². The Morgan fingerprint density at radius 3 is 1.89 bits per heavy atom. The second-order valence-electron chi connectivity index (χ2n) is 23.0. The van der Waals surface area contributed by atoms with Crippen molar-refractivity contribution in [1.82, 2.24) is 0 Å². The molecule has 12 N–H and O–H groups in total. The molecule has 4 saturated carbocycles. The first-order chi connectivity index (χ1) is 30.7. The Labute approximate surface area is 388 Å². The lowest BCUT2D eigenvalue weighted by atomic mass is 9.34. The molecule has 18 heteroatoms. The monoisotopic (exact) mass is 947 g/mol. The molecule has 3 heterocycles. The minimum atomic E-state index is -1.75. The number of ether oxygens (including phenoxy) is 6. The molecule has 3 saturated heterocycles. The van der Waals surface area contributed by atoms with Crippen LogP contribution in [0.2, 0.25) is 0 Å². The normalized spacial score (nSPS) is 53.5. The van der Waals surface area contributed by atoms with E-state index in [2.05, 4.69) is 26.8 Å². The van der Waals surface area contributed by atoms with E-state index in [1.165, 1.54) is 6.92 Å². The first-order valence-electron chi connectivity index (χ1n) is 24.3. The minimum Gasteiger partial charge on any atom is -0.394 e. The van der Waals surface area contributed by atoms with Gasteiger partial charge >= 0.3 is 0 Å². The second kappa shape index (κ2) is 19.2. The van der Waals surface area contributed by atoms with Crippen LogP contribution >= 0.6 is 0 Å². The number of allylic oxidation sites excluding steroid dienone is 2. The Hall–Kier alpha value is -0.980. The Morgan fingerprint density at radius 1 is 0.682 bits per heavy atom. The van der Waals surface area contributed by atoms with Gasteiger partial charge in [-0.3, -0.25) is 0 Å². The standard InChI is InChI=1S/C48H82O18/c1-21(2)11-10-14-48(9,66-42-38(60)35(57)32(54)26(19-49)63-42)23-12-16-46(7)30(23)24(51)17-28-45(6)15-13-29(52)44(4,5)40(45)25(18-47(28,46)8)62-43-39(36(58)33(55)27(20-50)64-43)65-41-37(59)34(56)31(53)22(3)61-41/h11,22-43,49-60H,10,12-20H2,1-9H3/t22?,23-,24+,25?,26?,27?,28+,29-,30-,31?,32?,33?,34?,35?,36?,37?,38?,39?,40-,41?,42?,43?,45+,46+,47+,48-/m0/s1. The molecular formula is C48H82O18. The molecule has 18 nitrogen and oxygen atoms in total. The van der Waals surface area contributed by atoms with Gasteiger partial charge in [0.05, 0.1) is 43.2 Å². The zero-order valence-corrected chi connectivity index (χ0v) is 40.2. The SMILES string of the molecule is CC(C)=CCC[C@](C)(OC1OC(CO)C(O)C(O)C1O)[C@H]1CC[C@]2(C)[C@@H]1[C@H](O)C[C@@H]1[C@@]3(C)CC[C@H](O)C(C)(C)[C@@H]3C(OC3OC(CO)C(O)C(O)C3OC3OC(C)C(O)C(O)C3O)C[C@]12C. The maximum Gasteiger partial charge on any atom is 0.187 e. The molecule has 16 unspecified atom stereocenters. The van der Waals surface area contributed by atoms with Gasteiger partial charge in [-0.05, 0) is 124 Å². The summed E-state index contributed by atoms with van der Waals surface area (Å²) in [6.07, 6.45) is -18.3. The molecule has 7 rings (SSSR count). The quantitative estimate of drug-likeness (QED) is 0.0904. The van der Waals surface area contributed by atoms with E-state index in [1.54, 1.807) is 0 Å². The van der Waals surface area contributed by atoms with Gasteiger partial charge < -0.3 is 89.7 Å². The predicted octanol–water partition coefficient (Wildman–Crippen LogP) is -0.0284. The van der Waals surface area contributed by atoms with E-state index in [-0.39, 0.29) is 23.7 Å². The van der Waals surface area contributed by atoms with E-state index in [4.69, 9.17) is 28.4 Å².